The van der Waals surface area contributed by atoms with Crippen LogP contribution in [0.25, 0.3) is 16.8 Å². The summed E-state index contributed by atoms with van der Waals surface area (Å²) in [6.07, 6.45) is 0. The molecule has 0 bridgehead atoms. The number of aryl methyl sites for hydroxylation is 2. The summed E-state index contributed by atoms with van der Waals surface area (Å²) in [5, 5.41) is 9.51. The van der Waals surface area contributed by atoms with Gasteiger partial charge in [0.1, 0.15) is 11.6 Å². The molecule has 2 aromatic carbocycles. The molecule has 0 saturated heterocycles. The highest BCUT2D eigenvalue weighted by Gasteiger charge is 2.28. The van der Waals surface area contributed by atoms with E-state index in [1.807, 2.05) is 44.2 Å². The molecule has 1 atom stereocenters. The van der Waals surface area contributed by atoms with Crippen LogP contribution in [0.2, 0.25) is 5.02 Å². The van der Waals surface area contributed by atoms with Gasteiger partial charge in [-0.25, -0.2) is 0 Å². The number of H-pyrrole nitrogens is 1. The number of halogens is 1. The topological polar surface area (TPSA) is 66.8 Å². The summed E-state index contributed by atoms with van der Waals surface area (Å²) in [5.41, 5.74) is 5.92. The van der Waals surface area contributed by atoms with E-state index in [9.17, 15) is 4.79 Å². The molecule has 31 heavy (non-hydrogen) atoms. The number of rotatable bonds is 2. The average molecular weight is 432 g/mol. The van der Waals surface area contributed by atoms with Crippen LogP contribution in [0.5, 0.6) is 0 Å². The average Bonchev–Trinajstić information content (AvgIpc) is 3.08. The van der Waals surface area contributed by atoms with Crippen LogP contribution in [-0.2, 0) is 0 Å². The number of hydrogen-bond acceptors (Lipinski definition) is 4. The van der Waals surface area contributed by atoms with Crippen molar-refractivity contribution in [2.24, 2.45) is 0 Å². The first-order valence-electron chi connectivity index (χ1n) is 10.2. The van der Waals surface area contributed by atoms with Crippen LogP contribution in [0.3, 0.4) is 0 Å². The van der Waals surface area contributed by atoms with Crippen molar-refractivity contribution in [2.75, 3.05) is 11.4 Å². The third kappa shape index (κ3) is 3.33. The molecule has 0 aliphatic carbocycles. The van der Waals surface area contributed by atoms with Gasteiger partial charge in [0.05, 0.1) is 11.4 Å². The van der Waals surface area contributed by atoms with Gasteiger partial charge in [0.15, 0.2) is 0 Å². The van der Waals surface area contributed by atoms with E-state index in [1.54, 1.807) is 6.07 Å². The Morgan fingerprint density at radius 2 is 1.77 bits per heavy atom. The number of pyridine rings is 1. The van der Waals surface area contributed by atoms with Gasteiger partial charge < -0.3 is 9.88 Å². The fourth-order valence-electron chi connectivity index (χ4n) is 4.30. The summed E-state index contributed by atoms with van der Waals surface area (Å²) in [4.78, 5) is 16.9. The van der Waals surface area contributed by atoms with Crippen molar-refractivity contribution in [3.05, 3.63) is 87.3 Å². The minimum Gasteiger partial charge on any atom is -0.339 e. The van der Waals surface area contributed by atoms with Gasteiger partial charge in [-0.3, -0.25) is 9.36 Å². The monoisotopic (exact) mass is 431 g/mol. The molecule has 0 saturated carbocycles. The molecule has 1 aliphatic rings. The summed E-state index contributed by atoms with van der Waals surface area (Å²) in [6, 6.07) is 17.7. The van der Waals surface area contributed by atoms with E-state index in [0.29, 0.717) is 5.02 Å². The number of nitrogens with one attached hydrogen (secondary N) is 1. The van der Waals surface area contributed by atoms with E-state index in [0.717, 1.165) is 52.1 Å². The molecule has 2 aromatic heterocycles. The van der Waals surface area contributed by atoms with Gasteiger partial charge in [0, 0.05) is 40.5 Å². The molecular weight excluding hydrogens is 410 g/mol. The normalized spacial score (nSPS) is 15.4. The van der Waals surface area contributed by atoms with Crippen molar-refractivity contribution in [3.8, 4) is 16.8 Å². The zero-order chi connectivity index (χ0) is 21.7. The first-order chi connectivity index (χ1) is 14.9. The van der Waals surface area contributed by atoms with Crippen LogP contribution in [0.15, 0.2) is 59.4 Å². The second-order valence-electron chi connectivity index (χ2n) is 7.99. The lowest BCUT2D eigenvalue weighted by Gasteiger charge is -2.27. The lowest BCUT2D eigenvalue weighted by molar-refractivity contribution is 0.696. The summed E-state index contributed by atoms with van der Waals surface area (Å²) in [5.74, 6) is 1.97. The summed E-state index contributed by atoms with van der Waals surface area (Å²) in [6.45, 7) is 6.82. The molecule has 0 radical (unpaired) electrons. The molecule has 7 heteroatoms. The smallest absolute Gasteiger partial charge is 0.248 e. The lowest BCUT2D eigenvalue weighted by Crippen LogP contribution is -2.22. The maximum Gasteiger partial charge on any atom is 0.248 e. The number of aromatic nitrogens is 4. The number of benzene rings is 2. The van der Waals surface area contributed by atoms with Crippen LogP contribution < -0.4 is 10.5 Å². The van der Waals surface area contributed by atoms with E-state index in [-0.39, 0.29) is 11.5 Å². The highest BCUT2D eigenvalue weighted by Crippen LogP contribution is 2.40. The van der Waals surface area contributed by atoms with Crippen molar-refractivity contribution in [1.82, 2.24) is 19.7 Å². The lowest BCUT2D eigenvalue weighted by atomic mass is 10.0. The molecule has 3 heterocycles. The zero-order valence-corrected chi connectivity index (χ0v) is 18.3. The van der Waals surface area contributed by atoms with Crippen molar-refractivity contribution in [3.63, 3.8) is 0 Å². The fraction of sp³-hybridized carbons (Fsp3) is 0.208. The molecule has 5 rings (SSSR count). The minimum atomic E-state index is -0.0996. The van der Waals surface area contributed by atoms with Crippen LogP contribution in [0.1, 0.15) is 30.2 Å². The maximum atomic E-state index is 11.7. The van der Waals surface area contributed by atoms with Gasteiger partial charge in [0.25, 0.3) is 0 Å². The largest absolute Gasteiger partial charge is 0.339 e. The molecule has 0 fully saturated rings. The Balaban J connectivity index is 1.76. The van der Waals surface area contributed by atoms with Gasteiger partial charge in [-0.2, -0.15) is 0 Å². The van der Waals surface area contributed by atoms with E-state index in [1.165, 1.54) is 0 Å². The van der Waals surface area contributed by atoms with Crippen molar-refractivity contribution in [2.45, 2.75) is 26.7 Å². The minimum absolute atomic E-state index is 0.0996. The Hall–Kier alpha value is -3.38. The number of hydrogen-bond donors (Lipinski definition) is 1. The Bertz CT molecular complexity index is 1340. The summed E-state index contributed by atoms with van der Waals surface area (Å²) >= 11 is 6.15. The predicted molar refractivity (Wildman–Crippen MR) is 124 cm³/mol. The molecule has 156 valence electrons. The highest BCUT2D eigenvalue weighted by atomic mass is 35.5. The van der Waals surface area contributed by atoms with Gasteiger partial charge in [-0.1, -0.05) is 24.6 Å². The molecule has 1 unspecified atom stereocenters. The number of aromatic amines is 1. The van der Waals surface area contributed by atoms with E-state index in [2.05, 4.69) is 49.8 Å². The number of fused-ring (bicyclic) bond motifs is 3. The quantitative estimate of drug-likeness (QED) is 0.476. The van der Waals surface area contributed by atoms with Crippen LogP contribution in [0.4, 0.5) is 11.4 Å². The van der Waals surface area contributed by atoms with E-state index < -0.39 is 0 Å². The van der Waals surface area contributed by atoms with Gasteiger partial charge in [-0.05, 0) is 61.9 Å². The second kappa shape index (κ2) is 7.39. The molecule has 4 aromatic rings. The first kappa shape index (κ1) is 19.6. The number of anilines is 2. The van der Waals surface area contributed by atoms with Crippen molar-refractivity contribution < 1.29 is 0 Å². The van der Waals surface area contributed by atoms with Crippen molar-refractivity contribution >= 4 is 23.0 Å². The fourth-order valence-corrected chi connectivity index (χ4v) is 4.43. The number of nitrogens with zero attached hydrogens (tertiary/aromatic N) is 4. The van der Waals surface area contributed by atoms with E-state index >= 15 is 0 Å². The van der Waals surface area contributed by atoms with E-state index in [4.69, 9.17) is 11.6 Å². The Labute approximate surface area is 185 Å². The van der Waals surface area contributed by atoms with Gasteiger partial charge in [0.2, 0.25) is 5.56 Å². The van der Waals surface area contributed by atoms with Crippen LogP contribution in [0, 0.1) is 13.8 Å². The van der Waals surface area contributed by atoms with Crippen LogP contribution >= 0.6 is 11.6 Å². The summed E-state index contributed by atoms with van der Waals surface area (Å²) < 4.78 is 2.14. The van der Waals surface area contributed by atoms with Gasteiger partial charge in [-0.15, -0.1) is 10.2 Å². The molecule has 1 aliphatic heterocycles. The Morgan fingerprint density at radius 3 is 2.52 bits per heavy atom. The Morgan fingerprint density at radius 1 is 1.00 bits per heavy atom. The van der Waals surface area contributed by atoms with Gasteiger partial charge >= 0.3 is 0 Å². The predicted octanol–water partition coefficient (Wildman–Crippen LogP) is 5.15. The highest BCUT2D eigenvalue weighted by molar-refractivity contribution is 6.30. The third-order valence-corrected chi connectivity index (χ3v) is 6.07. The molecule has 0 amide bonds. The molecule has 0 spiro atoms. The van der Waals surface area contributed by atoms with Crippen molar-refractivity contribution in [1.29, 1.82) is 0 Å². The zero-order valence-electron chi connectivity index (χ0n) is 17.6. The standard InChI is InChI=1S/C24H22ClN5O/c1-14-13-29(19-7-5-18(25)6-8-19)22-12-17(20-9-11-23(31)26-15(20)2)4-10-21(22)30-16(3)27-28-24(14)30/h4-12,14H,13H2,1-3H3,(H,26,31). The molecule has 1 N–H and O–H groups in total. The molecule has 6 nitrogen and oxygen atoms in total. The first-order valence-corrected chi connectivity index (χ1v) is 10.6. The van der Waals surface area contributed by atoms with Crippen LogP contribution in [-0.4, -0.2) is 26.3 Å². The SMILES string of the molecule is Cc1[nH]c(=O)ccc1-c1ccc2c(c1)N(c1ccc(Cl)cc1)CC(C)c1nnc(C)n1-2. The maximum absolute atomic E-state index is 11.7. The summed E-state index contributed by atoms with van der Waals surface area (Å²) in [7, 11) is 0. The third-order valence-electron chi connectivity index (χ3n) is 5.82. The Kier molecular flexibility index (Phi) is 4.67. The molecular formula is C24H22ClN5O. The second-order valence-corrected chi connectivity index (χ2v) is 8.43.